The second-order valence-electron chi connectivity index (χ2n) is 16.4. The summed E-state index contributed by atoms with van der Waals surface area (Å²) in [5, 5.41) is 6.97. The van der Waals surface area contributed by atoms with Gasteiger partial charge in [-0.15, -0.1) is 0 Å². The first kappa shape index (κ1) is 37.3. The Morgan fingerprint density at radius 1 is 0.266 bits per heavy atom. The van der Waals surface area contributed by atoms with E-state index >= 15 is 0 Å². The zero-order chi connectivity index (χ0) is 42.4. The van der Waals surface area contributed by atoms with Crippen LogP contribution in [0.5, 0.6) is 0 Å². The largest absolute Gasteiger partial charge is 0.453 e. The van der Waals surface area contributed by atoms with Crippen molar-refractivity contribution in [2.24, 2.45) is 0 Å². The zero-order valence-corrected chi connectivity index (χ0v) is 35.0. The van der Waals surface area contributed by atoms with Crippen LogP contribution in [0.15, 0.2) is 253 Å². The van der Waals surface area contributed by atoms with Gasteiger partial charge >= 0.3 is 0 Å². The van der Waals surface area contributed by atoms with E-state index in [4.69, 9.17) is 4.42 Å². The molecule has 12 rings (SSSR count). The van der Waals surface area contributed by atoms with Gasteiger partial charge in [-0.1, -0.05) is 212 Å². The summed E-state index contributed by atoms with van der Waals surface area (Å²) in [6, 6.07) is 89.4. The molecule has 0 saturated carbocycles. The first-order valence-corrected chi connectivity index (χ1v) is 21.9. The SMILES string of the molecule is c1ccc(-c2ccccc2-c2ccccc2-c2ccc(-c3ccccc3)c3c2oc2c(N(c4cccc(-c5cccc6ccccc56)c4)c4ccc5ccccc5c4)cccc23)cc1. The number of fused-ring (bicyclic) bond motifs is 5. The third kappa shape index (κ3) is 6.44. The fraction of sp³-hybridized carbons (Fsp3) is 0. The van der Waals surface area contributed by atoms with Gasteiger partial charge in [-0.25, -0.2) is 0 Å². The standard InChI is InChI=1S/C62H41NO/c1-3-19-43(20-4-1)51-29-11-12-30-54(51)55-31-13-14-32-56(55)57-39-38-53(45-21-5-2-6-22-45)60-58-34-17-35-59(61(58)64-62(57)60)63(49-37-36-42-18-7-8-24-46(42)40-49)48-27-15-26-47(41-48)52-33-16-25-44-23-9-10-28-50(44)52/h1-41H. The van der Waals surface area contributed by atoms with Crippen LogP contribution in [0.4, 0.5) is 17.1 Å². The van der Waals surface area contributed by atoms with Crippen molar-refractivity contribution in [1.82, 2.24) is 0 Å². The minimum Gasteiger partial charge on any atom is -0.453 e. The van der Waals surface area contributed by atoms with Crippen LogP contribution in [0.1, 0.15) is 0 Å². The lowest BCUT2D eigenvalue weighted by Crippen LogP contribution is -2.10. The van der Waals surface area contributed by atoms with Gasteiger partial charge in [-0.3, -0.25) is 0 Å². The van der Waals surface area contributed by atoms with E-state index in [9.17, 15) is 0 Å². The summed E-state index contributed by atoms with van der Waals surface area (Å²) < 4.78 is 7.48. The maximum Gasteiger partial charge on any atom is 0.159 e. The summed E-state index contributed by atoms with van der Waals surface area (Å²) in [6.45, 7) is 0. The topological polar surface area (TPSA) is 16.4 Å². The lowest BCUT2D eigenvalue weighted by Gasteiger charge is -2.26. The molecule has 1 heterocycles. The molecule has 0 aliphatic rings. The van der Waals surface area contributed by atoms with Crippen molar-refractivity contribution in [3.05, 3.63) is 249 Å². The van der Waals surface area contributed by atoms with E-state index < -0.39 is 0 Å². The van der Waals surface area contributed by atoms with E-state index in [1.165, 1.54) is 43.8 Å². The average molecular weight is 816 g/mol. The molecule has 0 aliphatic heterocycles. The zero-order valence-electron chi connectivity index (χ0n) is 35.0. The Morgan fingerprint density at radius 2 is 0.781 bits per heavy atom. The van der Waals surface area contributed by atoms with Gasteiger partial charge in [0.2, 0.25) is 0 Å². The number of nitrogens with zero attached hydrogens (tertiary/aromatic N) is 1. The third-order valence-corrected chi connectivity index (χ3v) is 12.7. The minimum absolute atomic E-state index is 0.827. The highest BCUT2D eigenvalue weighted by Gasteiger charge is 2.25. The quantitative estimate of drug-likeness (QED) is 0.152. The van der Waals surface area contributed by atoms with Crippen LogP contribution in [0.3, 0.4) is 0 Å². The second kappa shape index (κ2) is 15.8. The van der Waals surface area contributed by atoms with E-state index in [-0.39, 0.29) is 0 Å². The first-order valence-electron chi connectivity index (χ1n) is 21.9. The molecule has 2 heteroatoms. The molecule has 11 aromatic carbocycles. The molecule has 0 radical (unpaired) electrons. The van der Waals surface area contributed by atoms with Gasteiger partial charge in [0.05, 0.1) is 5.69 Å². The maximum absolute atomic E-state index is 7.48. The van der Waals surface area contributed by atoms with Gasteiger partial charge < -0.3 is 9.32 Å². The number of benzene rings is 11. The van der Waals surface area contributed by atoms with Crippen LogP contribution >= 0.6 is 0 Å². The number of para-hydroxylation sites is 1. The highest BCUT2D eigenvalue weighted by molar-refractivity contribution is 6.19. The van der Waals surface area contributed by atoms with Crippen LogP contribution in [0.25, 0.3) is 99.1 Å². The molecule has 1 aromatic heterocycles. The molecule has 64 heavy (non-hydrogen) atoms. The van der Waals surface area contributed by atoms with Gasteiger partial charge in [0.25, 0.3) is 0 Å². The number of rotatable bonds is 8. The Balaban J connectivity index is 1.12. The number of hydrogen-bond donors (Lipinski definition) is 0. The van der Waals surface area contributed by atoms with Crippen molar-refractivity contribution < 1.29 is 4.42 Å². The minimum atomic E-state index is 0.827. The predicted octanol–water partition coefficient (Wildman–Crippen LogP) is 17.7. The average Bonchev–Trinajstić information content (AvgIpc) is 3.77. The van der Waals surface area contributed by atoms with Crippen LogP contribution in [0.2, 0.25) is 0 Å². The van der Waals surface area contributed by atoms with Crippen LogP contribution < -0.4 is 4.90 Å². The molecule has 0 N–H and O–H groups in total. The predicted molar refractivity (Wildman–Crippen MR) is 271 cm³/mol. The molecule has 0 saturated heterocycles. The van der Waals surface area contributed by atoms with Crippen molar-refractivity contribution in [3.8, 4) is 55.6 Å². The number of furan rings is 1. The summed E-state index contributed by atoms with van der Waals surface area (Å²) in [5.74, 6) is 0. The molecule has 0 bridgehead atoms. The van der Waals surface area contributed by atoms with Gasteiger partial charge in [-0.2, -0.15) is 0 Å². The molecule has 0 atom stereocenters. The highest BCUT2D eigenvalue weighted by atomic mass is 16.3. The van der Waals surface area contributed by atoms with Gasteiger partial charge in [0.15, 0.2) is 5.58 Å². The fourth-order valence-electron chi connectivity index (χ4n) is 9.71. The molecule has 0 unspecified atom stereocenters. The monoisotopic (exact) mass is 815 g/mol. The van der Waals surface area contributed by atoms with Crippen molar-refractivity contribution in [2.75, 3.05) is 4.90 Å². The Morgan fingerprint density at radius 3 is 1.56 bits per heavy atom. The maximum atomic E-state index is 7.48. The fourth-order valence-corrected chi connectivity index (χ4v) is 9.71. The van der Waals surface area contributed by atoms with E-state index in [0.717, 1.165) is 72.4 Å². The smallest absolute Gasteiger partial charge is 0.159 e. The van der Waals surface area contributed by atoms with Crippen molar-refractivity contribution in [3.63, 3.8) is 0 Å². The van der Waals surface area contributed by atoms with E-state index in [0.29, 0.717) is 0 Å². The first-order chi connectivity index (χ1) is 31.8. The lowest BCUT2D eigenvalue weighted by atomic mass is 9.88. The Bertz CT molecular complexity index is 3670. The van der Waals surface area contributed by atoms with E-state index in [2.05, 4.69) is 254 Å². The summed E-state index contributed by atoms with van der Waals surface area (Å²) in [6.07, 6.45) is 0. The Kier molecular flexibility index (Phi) is 9.20. The van der Waals surface area contributed by atoms with Gasteiger partial charge in [0.1, 0.15) is 5.58 Å². The lowest BCUT2D eigenvalue weighted by molar-refractivity contribution is 0.670. The molecular formula is C62H41NO. The van der Waals surface area contributed by atoms with Crippen molar-refractivity contribution in [2.45, 2.75) is 0 Å². The van der Waals surface area contributed by atoms with Crippen molar-refractivity contribution in [1.29, 1.82) is 0 Å². The number of hydrogen-bond acceptors (Lipinski definition) is 2. The van der Waals surface area contributed by atoms with E-state index in [1.54, 1.807) is 0 Å². The highest BCUT2D eigenvalue weighted by Crippen LogP contribution is 2.49. The van der Waals surface area contributed by atoms with Crippen LogP contribution in [-0.4, -0.2) is 0 Å². The summed E-state index contributed by atoms with van der Waals surface area (Å²) >= 11 is 0. The molecule has 300 valence electrons. The molecule has 0 aliphatic carbocycles. The summed E-state index contributed by atoms with van der Waals surface area (Å²) in [4.78, 5) is 2.37. The molecule has 2 nitrogen and oxygen atoms in total. The second-order valence-corrected chi connectivity index (χ2v) is 16.4. The van der Waals surface area contributed by atoms with Gasteiger partial charge in [-0.05, 0) is 108 Å². The number of anilines is 3. The normalized spacial score (nSPS) is 11.4. The third-order valence-electron chi connectivity index (χ3n) is 12.7. The Labute approximate surface area is 372 Å². The van der Waals surface area contributed by atoms with Crippen LogP contribution in [-0.2, 0) is 0 Å². The summed E-state index contributed by atoms with van der Waals surface area (Å²) in [5.41, 5.74) is 16.2. The molecule has 0 fully saturated rings. The van der Waals surface area contributed by atoms with Crippen molar-refractivity contribution >= 4 is 60.5 Å². The Hall–Kier alpha value is -8.46. The molecular weight excluding hydrogens is 775 g/mol. The van der Waals surface area contributed by atoms with E-state index in [1.807, 2.05) is 0 Å². The molecule has 0 amide bonds. The van der Waals surface area contributed by atoms with Gasteiger partial charge in [0, 0.05) is 27.7 Å². The summed E-state index contributed by atoms with van der Waals surface area (Å²) in [7, 11) is 0. The van der Waals surface area contributed by atoms with Crippen LogP contribution in [0, 0.1) is 0 Å². The molecule has 0 spiro atoms. The molecule has 12 aromatic rings.